The molecular formula is C25H31N3O5. The number of hydroxylamine groups is 1. The van der Waals surface area contributed by atoms with Crippen LogP contribution in [-0.4, -0.2) is 49.1 Å². The highest BCUT2D eigenvalue weighted by Gasteiger charge is 2.17. The highest BCUT2D eigenvalue weighted by atomic mass is 16.6. The van der Waals surface area contributed by atoms with Gasteiger partial charge in [0.15, 0.2) is 0 Å². The highest BCUT2D eigenvalue weighted by molar-refractivity contribution is 5.89. The average Bonchev–Trinajstić information content (AvgIpc) is 3.31. The first-order valence-corrected chi connectivity index (χ1v) is 11.2. The fraction of sp³-hybridized carbons (Fsp3) is 0.360. The Morgan fingerprint density at radius 1 is 0.970 bits per heavy atom. The first-order chi connectivity index (χ1) is 16.1. The summed E-state index contributed by atoms with van der Waals surface area (Å²) in [5.41, 5.74) is 5.64. The fourth-order valence-electron chi connectivity index (χ4n) is 3.64. The van der Waals surface area contributed by atoms with Crippen LogP contribution in [0.4, 0.5) is 10.5 Å². The van der Waals surface area contributed by atoms with Crippen LogP contribution in [0.2, 0.25) is 0 Å². The van der Waals surface area contributed by atoms with Gasteiger partial charge in [-0.05, 0) is 53.6 Å². The summed E-state index contributed by atoms with van der Waals surface area (Å²) in [6.07, 6.45) is 4.94. The van der Waals surface area contributed by atoms with Gasteiger partial charge in [-0.15, -0.1) is 0 Å². The van der Waals surface area contributed by atoms with Crippen molar-refractivity contribution in [3.63, 3.8) is 0 Å². The number of methoxy groups -OCH3 is 1. The second-order valence-electron chi connectivity index (χ2n) is 7.78. The molecule has 2 amide bonds. The lowest BCUT2D eigenvalue weighted by molar-refractivity contribution is -0.129. The molecule has 0 aliphatic heterocycles. The van der Waals surface area contributed by atoms with Gasteiger partial charge in [-0.25, -0.2) is 10.3 Å². The number of nitrogens with one attached hydrogen (secondary N) is 2. The number of H-pyrrole nitrogens is 1. The van der Waals surface area contributed by atoms with Crippen LogP contribution in [0, 0.1) is 0 Å². The predicted octanol–water partition coefficient (Wildman–Crippen LogP) is 4.88. The van der Waals surface area contributed by atoms with Gasteiger partial charge >= 0.3 is 6.09 Å². The number of aromatic nitrogens is 1. The van der Waals surface area contributed by atoms with Gasteiger partial charge in [0.25, 0.3) is 0 Å². The maximum Gasteiger partial charge on any atom is 0.414 e. The summed E-state index contributed by atoms with van der Waals surface area (Å²) < 4.78 is 10.3. The van der Waals surface area contributed by atoms with Crippen molar-refractivity contribution in [3.05, 3.63) is 54.7 Å². The molecule has 0 unspecified atom stereocenters. The van der Waals surface area contributed by atoms with Gasteiger partial charge in [-0.1, -0.05) is 37.1 Å². The van der Waals surface area contributed by atoms with Gasteiger partial charge in [0.2, 0.25) is 5.91 Å². The van der Waals surface area contributed by atoms with Crippen LogP contribution >= 0.6 is 0 Å². The number of hydrogen-bond acceptors (Lipinski definition) is 5. The van der Waals surface area contributed by atoms with Crippen molar-refractivity contribution in [1.82, 2.24) is 10.5 Å². The molecule has 0 saturated heterocycles. The first-order valence-electron chi connectivity index (χ1n) is 11.2. The van der Waals surface area contributed by atoms with Crippen molar-refractivity contribution in [2.24, 2.45) is 0 Å². The molecule has 33 heavy (non-hydrogen) atoms. The van der Waals surface area contributed by atoms with Crippen LogP contribution in [0.5, 0.6) is 0 Å². The number of rotatable bonds is 12. The molecule has 176 valence electrons. The molecule has 3 aromatic rings. The summed E-state index contributed by atoms with van der Waals surface area (Å²) in [6.45, 7) is 1.04. The number of benzene rings is 2. The number of aromatic amines is 1. The molecule has 8 heteroatoms. The number of anilines is 1. The molecule has 0 fully saturated rings. The molecule has 3 N–H and O–H groups in total. The van der Waals surface area contributed by atoms with Gasteiger partial charge in [0, 0.05) is 37.5 Å². The van der Waals surface area contributed by atoms with Gasteiger partial charge in [-0.3, -0.25) is 14.9 Å². The molecule has 0 radical (unpaired) electrons. The Hall–Kier alpha value is -3.36. The van der Waals surface area contributed by atoms with E-state index in [9.17, 15) is 9.59 Å². The van der Waals surface area contributed by atoms with E-state index in [1.54, 1.807) is 17.5 Å². The maximum atomic E-state index is 12.7. The minimum absolute atomic E-state index is 0.191. The molecule has 1 aromatic heterocycles. The highest BCUT2D eigenvalue weighted by Crippen LogP contribution is 2.26. The van der Waals surface area contributed by atoms with E-state index in [-0.39, 0.29) is 18.9 Å². The van der Waals surface area contributed by atoms with Crippen LogP contribution in [0.25, 0.3) is 22.0 Å². The Labute approximate surface area is 193 Å². The van der Waals surface area contributed by atoms with Gasteiger partial charge in [0.1, 0.15) is 6.61 Å². The molecule has 3 rings (SSSR count). The summed E-state index contributed by atoms with van der Waals surface area (Å²) >= 11 is 0. The van der Waals surface area contributed by atoms with E-state index in [1.807, 2.05) is 36.5 Å². The minimum Gasteiger partial charge on any atom is -0.447 e. The Bertz CT molecular complexity index is 1030. The second-order valence-corrected chi connectivity index (χ2v) is 7.78. The molecule has 0 saturated carbocycles. The van der Waals surface area contributed by atoms with Crippen LogP contribution in [-0.2, 0) is 14.3 Å². The average molecular weight is 454 g/mol. The first kappa shape index (κ1) is 24.3. The van der Waals surface area contributed by atoms with Gasteiger partial charge in [0.05, 0.1) is 6.61 Å². The minimum atomic E-state index is -0.410. The number of carbonyl (C=O) groups is 2. The molecule has 0 aliphatic carbocycles. The Morgan fingerprint density at radius 2 is 1.73 bits per heavy atom. The lowest BCUT2D eigenvalue weighted by atomic mass is 10.0. The molecule has 8 nitrogen and oxygen atoms in total. The number of ether oxygens (including phenoxy) is 2. The SMILES string of the molecule is COCCOC(=O)N(CCCCCCC(=O)NO)c1ccc(-c2ccc3cc[nH]c3c2)cc1. The Balaban J connectivity index is 1.64. The third-order valence-corrected chi connectivity index (χ3v) is 5.46. The third kappa shape index (κ3) is 7.06. The number of amides is 2. The van der Waals surface area contributed by atoms with Gasteiger partial charge < -0.3 is 14.5 Å². The zero-order valence-corrected chi connectivity index (χ0v) is 18.9. The lowest BCUT2D eigenvalue weighted by Gasteiger charge is -2.22. The quantitative estimate of drug-likeness (QED) is 0.206. The molecule has 1 heterocycles. The van der Waals surface area contributed by atoms with Crippen molar-refractivity contribution in [1.29, 1.82) is 0 Å². The summed E-state index contributed by atoms with van der Waals surface area (Å²) in [5.74, 6) is -0.381. The fourth-order valence-corrected chi connectivity index (χ4v) is 3.64. The Kier molecular flexibility index (Phi) is 9.29. The summed E-state index contributed by atoms with van der Waals surface area (Å²) in [7, 11) is 1.56. The molecular weight excluding hydrogens is 422 g/mol. The Morgan fingerprint density at radius 3 is 2.48 bits per heavy atom. The topological polar surface area (TPSA) is 104 Å². The zero-order chi connectivity index (χ0) is 23.5. The summed E-state index contributed by atoms with van der Waals surface area (Å²) in [4.78, 5) is 28.7. The number of fused-ring (bicyclic) bond motifs is 1. The third-order valence-electron chi connectivity index (χ3n) is 5.46. The van der Waals surface area contributed by atoms with Crippen LogP contribution in [0.1, 0.15) is 32.1 Å². The molecule has 2 aromatic carbocycles. The molecule has 0 spiro atoms. The van der Waals surface area contributed by atoms with E-state index in [2.05, 4.69) is 23.2 Å². The standard InChI is InChI=1S/C25H31N3O5/c1-32-16-17-33-25(30)28(15-5-3-2-4-6-24(29)27-31)22-11-9-19(10-12-22)21-8-7-20-13-14-26-23(20)18-21/h7-14,18,26,31H,2-6,15-17H2,1H3,(H,27,29). The van der Waals surface area contributed by atoms with Gasteiger partial charge in [-0.2, -0.15) is 0 Å². The number of hydrogen-bond donors (Lipinski definition) is 3. The zero-order valence-electron chi connectivity index (χ0n) is 18.9. The van der Waals surface area contributed by atoms with Crippen molar-refractivity contribution in [2.45, 2.75) is 32.1 Å². The van der Waals surface area contributed by atoms with Crippen LogP contribution in [0.15, 0.2) is 54.7 Å². The van der Waals surface area contributed by atoms with E-state index in [0.29, 0.717) is 19.6 Å². The number of unbranched alkanes of at least 4 members (excludes halogenated alkanes) is 3. The van der Waals surface area contributed by atoms with E-state index < -0.39 is 6.09 Å². The van der Waals surface area contributed by atoms with Crippen molar-refractivity contribution >= 4 is 28.6 Å². The summed E-state index contributed by atoms with van der Waals surface area (Å²) in [6, 6.07) is 16.2. The second kappa shape index (κ2) is 12.6. The van der Waals surface area contributed by atoms with Crippen molar-refractivity contribution in [2.75, 3.05) is 31.8 Å². The van der Waals surface area contributed by atoms with Crippen LogP contribution in [0.3, 0.4) is 0 Å². The van der Waals surface area contributed by atoms with Crippen molar-refractivity contribution in [3.8, 4) is 11.1 Å². The summed E-state index contributed by atoms with van der Waals surface area (Å²) in [5, 5.41) is 9.71. The van der Waals surface area contributed by atoms with E-state index >= 15 is 0 Å². The largest absolute Gasteiger partial charge is 0.447 e. The maximum absolute atomic E-state index is 12.7. The lowest BCUT2D eigenvalue weighted by Crippen LogP contribution is -2.33. The smallest absolute Gasteiger partial charge is 0.414 e. The van der Waals surface area contributed by atoms with E-state index in [0.717, 1.165) is 47.0 Å². The van der Waals surface area contributed by atoms with E-state index in [4.69, 9.17) is 14.7 Å². The molecule has 0 aliphatic rings. The molecule has 0 atom stereocenters. The normalized spacial score (nSPS) is 10.8. The van der Waals surface area contributed by atoms with E-state index in [1.165, 1.54) is 0 Å². The monoisotopic (exact) mass is 453 g/mol. The predicted molar refractivity (Wildman–Crippen MR) is 127 cm³/mol. The van der Waals surface area contributed by atoms with Crippen LogP contribution < -0.4 is 10.4 Å². The van der Waals surface area contributed by atoms with Crippen molar-refractivity contribution < 1.29 is 24.3 Å². The number of carbonyl (C=O) groups excluding carboxylic acids is 2. The molecule has 0 bridgehead atoms. The number of nitrogens with zero attached hydrogens (tertiary/aromatic N) is 1.